The summed E-state index contributed by atoms with van der Waals surface area (Å²) in [4.78, 5) is 14.3. The molecule has 2 rings (SSSR count). The van der Waals surface area contributed by atoms with Crippen LogP contribution >= 0.6 is 12.4 Å². The Morgan fingerprint density at radius 3 is 2.76 bits per heavy atom. The van der Waals surface area contributed by atoms with Gasteiger partial charge in [0.05, 0.1) is 0 Å². The van der Waals surface area contributed by atoms with Crippen LogP contribution in [0.4, 0.5) is 0 Å². The molecule has 2 heterocycles. The van der Waals surface area contributed by atoms with Gasteiger partial charge in [0.15, 0.2) is 0 Å². The van der Waals surface area contributed by atoms with Gasteiger partial charge < -0.3 is 15.0 Å². The van der Waals surface area contributed by atoms with Crippen molar-refractivity contribution >= 4 is 18.3 Å². The molecule has 17 heavy (non-hydrogen) atoms. The average Bonchev–Trinajstić information content (AvgIpc) is 2.32. The maximum absolute atomic E-state index is 12.3. The van der Waals surface area contributed by atoms with Crippen LogP contribution in [0.2, 0.25) is 0 Å². The summed E-state index contributed by atoms with van der Waals surface area (Å²) in [7, 11) is 0. The van der Waals surface area contributed by atoms with Gasteiger partial charge in [-0.25, -0.2) is 0 Å². The molecule has 0 radical (unpaired) electrons. The Labute approximate surface area is 109 Å². The molecule has 5 heteroatoms. The molecule has 0 aromatic carbocycles. The monoisotopic (exact) mass is 262 g/mol. The van der Waals surface area contributed by atoms with Crippen LogP contribution in [0.25, 0.3) is 0 Å². The minimum absolute atomic E-state index is 0. The number of ether oxygens (including phenoxy) is 1. The molecule has 2 aliphatic rings. The Morgan fingerprint density at radius 1 is 1.35 bits per heavy atom. The van der Waals surface area contributed by atoms with Crippen LogP contribution in [0.5, 0.6) is 0 Å². The average molecular weight is 263 g/mol. The second kappa shape index (κ2) is 6.57. The standard InChI is InChI=1S/C12H22N2O2.ClH/c1-9-8-14(10(2)7-13-9)12(15)11-5-3-4-6-16-11;/h9-11,13H,3-8H2,1-2H3;1H. The predicted molar refractivity (Wildman–Crippen MR) is 69.5 cm³/mol. The first kappa shape index (κ1) is 14.7. The zero-order valence-electron chi connectivity index (χ0n) is 10.6. The zero-order valence-corrected chi connectivity index (χ0v) is 11.5. The number of carbonyl (C=O) groups is 1. The van der Waals surface area contributed by atoms with E-state index in [-0.39, 0.29) is 30.5 Å². The Morgan fingerprint density at radius 2 is 2.12 bits per heavy atom. The highest BCUT2D eigenvalue weighted by Crippen LogP contribution is 2.17. The van der Waals surface area contributed by atoms with E-state index >= 15 is 0 Å². The highest BCUT2D eigenvalue weighted by Gasteiger charge is 2.32. The summed E-state index contributed by atoms with van der Waals surface area (Å²) in [5.74, 6) is 0.195. The van der Waals surface area contributed by atoms with Crippen molar-refractivity contribution < 1.29 is 9.53 Å². The lowest BCUT2D eigenvalue weighted by atomic mass is 10.1. The van der Waals surface area contributed by atoms with Crippen molar-refractivity contribution in [3.63, 3.8) is 0 Å². The first-order valence-corrected chi connectivity index (χ1v) is 6.34. The normalized spacial score (nSPS) is 34.0. The molecule has 0 aromatic rings. The molecule has 2 saturated heterocycles. The molecule has 3 unspecified atom stereocenters. The maximum atomic E-state index is 12.3. The van der Waals surface area contributed by atoms with Gasteiger partial charge in [-0.1, -0.05) is 0 Å². The minimum Gasteiger partial charge on any atom is -0.368 e. The number of piperazine rings is 1. The summed E-state index contributed by atoms with van der Waals surface area (Å²) in [6.45, 7) is 6.65. The van der Waals surface area contributed by atoms with Crippen LogP contribution < -0.4 is 5.32 Å². The number of nitrogens with zero attached hydrogens (tertiary/aromatic N) is 1. The summed E-state index contributed by atoms with van der Waals surface area (Å²) >= 11 is 0. The Hall–Kier alpha value is -0.320. The molecule has 0 bridgehead atoms. The fourth-order valence-corrected chi connectivity index (χ4v) is 2.45. The van der Waals surface area contributed by atoms with E-state index in [1.54, 1.807) is 0 Å². The molecule has 1 N–H and O–H groups in total. The first-order chi connectivity index (χ1) is 7.68. The topological polar surface area (TPSA) is 41.6 Å². The van der Waals surface area contributed by atoms with Gasteiger partial charge in [0, 0.05) is 31.8 Å². The molecule has 0 aromatic heterocycles. The van der Waals surface area contributed by atoms with Crippen LogP contribution in [0.3, 0.4) is 0 Å². The van der Waals surface area contributed by atoms with Crippen LogP contribution in [0.15, 0.2) is 0 Å². The molecular formula is C12H23ClN2O2. The van der Waals surface area contributed by atoms with Crippen LogP contribution in [0, 0.1) is 0 Å². The van der Waals surface area contributed by atoms with E-state index in [1.807, 2.05) is 4.90 Å². The van der Waals surface area contributed by atoms with Gasteiger partial charge in [0.25, 0.3) is 5.91 Å². The summed E-state index contributed by atoms with van der Waals surface area (Å²) in [5, 5.41) is 3.38. The summed E-state index contributed by atoms with van der Waals surface area (Å²) in [6, 6.07) is 0.679. The third kappa shape index (κ3) is 3.57. The molecule has 100 valence electrons. The van der Waals surface area contributed by atoms with Crippen molar-refractivity contribution in [1.29, 1.82) is 0 Å². The van der Waals surface area contributed by atoms with E-state index < -0.39 is 0 Å². The van der Waals surface area contributed by atoms with Gasteiger partial charge in [-0.15, -0.1) is 12.4 Å². The molecule has 2 aliphatic heterocycles. The second-order valence-corrected chi connectivity index (χ2v) is 5.00. The fraction of sp³-hybridized carbons (Fsp3) is 0.917. The van der Waals surface area contributed by atoms with Crippen molar-refractivity contribution in [1.82, 2.24) is 10.2 Å². The third-order valence-electron chi connectivity index (χ3n) is 3.50. The van der Waals surface area contributed by atoms with Gasteiger partial charge in [-0.2, -0.15) is 0 Å². The number of halogens is 1. The van der Waals surface area contributed by atoms with Crippen molar-refractivity contribution in [2.45, 2.75) is 51.3 Å². The van der Waals surface area contributed by atoms with E-state index in [2.05, 4.69) is 19.2 Å². The van der Waals surface area contributed by atoms with Gasteiger partial charge >= 0.3 is 0 Å². The van der Waals surface area contributed by atoms with E-state index in [1.165, 1.54) is 0 Å². The predicted octanol–water partition coefficient (Wildman–Crippen LogP) is 1.19. The minimum atomic E-state index is -0.179. The summed E-state index contributed by atoms with van der Waals surface area (Å²) < 4.78 is 5.56. The van der Waals surface area contributed by atoms with Gasteiger partial charge in [-0.05, 0) is 33.1 Å². The van der Waals surface area contributed by atoms with Crippen LogP contribution in [-0.4, -0.2) is 48.7 Å². The number of rotatable bonds is 1. The Bertz CT molecular complexity index is 257. The molecule has 2 fully saturated rings. The van der Waals surface area contributed by atoms with Gasteiger partial charge in [0.1, 0.15) is 6.10 Å². The largest absolute Gasteiger partial charge is 0.368 e. The zero-order chi connectivity index (χ0) is 11.5. The number of hydrogen-bond acceptors (Lipinski definition) is 3. The van der Waals surface area contributed by atoms with E-state index in [0.29, 0.717) is 6.04 Å². The van der Waals surface area contributed by atoms with E-state index in [0.717, 1.165) is 39.0 Å². The number of amides is 1. The van der Waals surface area contributed by atoms with Crippen LogP contribution in [-0.2, 0) is 9.53 Å². The van der Waals surface area contributed by atoms with Crippen molar-refractivity contribution in [3.05, 3.63) is 0 Å². The van der Waals surface area contributed by atoms with Crippen LogP contribution in [0.1, 0.15) is 33.1 Å². The first-order valence-electron chi connectivity index (χ1n) is 6.34. The number of carbonyl (C=O) groups excluding carboxylic acids is 1. The second-order valence-electron chi connectivity index (χ2n) is 5.00. The Balaban J connectivity index is 0.00000144. The lowest BCUT2D eigenvalue weighted by Crippen LogP contribution is -2.58. The highest BCUT2D eigenvalue weighted by atomic mass is 35.5. The lowest BCUT2D eigenvalue weighted by Gasteiger charge is -2.39. The quantitative estimate of drug-likeness (QED) is 0.772. The SMILES string of the molecule is CC1CN(C(=O)C2CCCCO2)C(C)CN1.Cl. The number of hydrogen-bond donors (Lipinski definition) is 1. The third-order valence-corrected chi connectivity index (χ3v) is 3.50. The van der Waals surface area contributed by atoms with Gasteiger partial charge in [0.2, 0.25) is 0 Å². The van der Waals surface area contributed by atoms with Crippen molar-refractivity contribution in [2.75, 3.05) is 19.7 Å². The lowest BCUT2D eigenvalue weighted by molar-refractivity contribution is -0.150. The fourth-order valence-electron chi connectivity index (χ4n) is 2.45. The summed E-state index contributed by atoms with van der Waals surface area (Å²) in [6.07, 6.45) is 2.93. The smallest absolute Gasteiger partial charge is 0.252 e. The molecule has 0 saturated carbocycles. The highest BCUT2D eigenvalue weighted by molar-refractivity contribution is 5.85. The summed E-state index contributed by atoms with van der Waals surface area (Å²) in [5.41, 5.74) is 0. The Kier molecular flexibility index (Phi) is 5.70. The maximum Gasteiger partial charge on any atom is 0.252 e. The molecule has 0 aliphatic carbocycles. The van der Waals surface area contributed by atoms with E-state index in [4.69, 9.17) is 4.74 Å². The molecule has 1 amide bonds. The molecular weight excluding hydrogens is 240 g/mol. The molecule has 3 atom stereocenters. The van der Waals surface area contributed by atoms with Crippen molar-refractivity contribution in [3.8, 4) is 0 Å². The van der Waals surface area contributed by atoms with E-state index in [9.17, 15) is 4.79 Å². The number of nitrogens with one attached hydrogen (secondary N) is 1. The van der Waals surface area contributed by atoms with Crippen molar-refractivity contribution in [2.24, 2.45) is 0 Å². The molecule has 0 spiro atoms. The van der Waals surface area contributed by atoms with Gasteiger partial charge in [-0.3, -0.25) is 4.79 Å². The molecule has 4 nitrogen and oxygen atoms in total.